The molecule has 114 valence electrons. The summed E-state index contributed by atoms with van der Waals surface area (Å²) in [6.07, 6.45) is 0.975. The van der Waals surface area contributed by atoms with Crippen molar-refractivity contribution in [1.29, 1.82) is 0 Å². The van der Waals surface area contributed by atoms with Crippen molar-refractivity contribution in [2.75, 3.05) is 0 Å². The summed E-state index contributed by atoms with van der Waals surface area (Å²) in [5.41, 5.74) is 0.857. The van der Waals surface area contributed by atoms with E-state index in [2.05, 4.69) is 20.8 Å². The Morgan fingerprint density at radius 2 is 2.05 bits per heavy atom. The second kappa shape index (κ2) is 5.15. The molecule has 2 heteroatoms. The first-order valence-electron chi connectivity index (χ1n) is 9.03. The molecule has 2 aliphatic carbocycles. The number of ether oxygens (including phenoxy) is 1. The van der Waals surface area contributed by atoms with Crippen LogP contribution in [0.1, 0.15) is 54.7 Å². The largest absolute Gasteiger partial charge is 0.462 e. The van der Waals surface area contributed by atoms with E-state index in [9.17, 15) is 4.79 Å². The van der Waals surface area contributed by atoms with Gasteiger partial charge in [-0.1, -0.05) is 51.1 Å². The van der Waals surface area contributed by atoms with Gasteiger partial charge in [0.2, 0.25) is 0 Å². The number of hydrogen-bond donors (Lipinski definition) is 0. The van der Waals surface area contributed by atoms with E-state index in [1.807, 2.05) is 18.2 Å². The van der Waals surface area contributed by atoms with Crippen molar-refractivity contribution < 1.29 is 12.3 Å². The SMILES string of the molecule is [2H]C(C(=O)OC1C[C@@H]2CC[C@@]1(C)C2(C)C)C([2H])c1ccccc1. The van der Waals surface area contributed by atoms with Crippen LogP contribution in [0.15, 0.2) is 30.3 Å². The topological polar surface area (TPSA) is 26.3 Å². The molecule has 0 aromatic heterocycles. The van der Waals surface area contributed by atoms with Crippen molar-refractivity contribution in [3.8, 4) is 0 Å². The molecule has 0 heterocycles. The molecule has 1 aromatic rings. The monoisotopic (exact) mass is 288 g/mol. The standard InChI is InChI=1S/C19H26O2/c1-18(2)15-11-12-19(18,3)16(13-15)21-17(20)10-9-14-7-5-4-6-8-14/h4-8,15-16H,9-13H2,1-3H3/t15-,16?,19+/m0/s1/i9D,10D/t9?,10?,15-,16?,19+. The molecule has 2 bridgehead atoms. The normalized spacial score (nSPS) is 37.5. The van der Waals surface area contributed by atoms with Crippen LogP contribution in [-0.4, -0.2) is 12.1 Å². The molecule has 0 spiro atoms. The Hall–Kier alpha value is -1.31. The molecule has 2 nitrogen and oxygen atoms in total. The summed E-state index contributed by atoms with van der Waals surface area (Å²) in [4.78, 5) is 12.4. The van der Waals surface area contributed by atoms with Crippen molar-refractivity contribution in [2.24, 2.45) is 16.7 Å². The van der Waals surface area contributed by atoms with E-state index in [-0.39, 0.29) is 16.9 Å². The highest BCUT2D eigenvalue weighted by molar-refractivity contribution is 5.70. The number of fused-ring (bicyclic) bond motifs is 2. The molecule has 2 saturated carbocycles. The molecule has 3 rings (SSSR count). The number of carbonyl (C=O) groups is 1. The van der Waals surface area contributed by atoms with Crippen LogP contribution < -0.4 is 0 Å². The van der Waals surface area contributed by atoms with Crippen LogP contribution in [0.4, 0.5) is 0 Å². The van der Waals surface area contributed by atoms with E-state index in [1.54, 1.807) is 12.1 Å². The minimum Gasteiger partial charge on any atom is -0.462 e. The molecule has 0 N–H and O–H groups in total. The second-order valence-corrected chi connectivity index (χ2v) is 7.28. The maximum atomic E-state index is 12.4. The average molecular weight is 288 g/mol. The van der Waals surface area contributed by atoms with Gasteiger partial charge in [0, 0.05) is 14.6 Å². The summed E-state index contributed by atoms with van der Waals surface area (Å²) >= 11 is 0. The predicted octanol–water partition coefficient (Wildman–Crippen LogP) is 4.38. The summed E-state index contributed by atoms with van der Waals surface area (Å²) in [7, 11) is 0. The molecule has 1 aromatic carbocycles. The van der Waals surface area contributed by atoms with Gasteiger partial charge < -0.3 is 4.74 Å². The zero-order chi connectivity index (χ0) is 16.8. The lowest BCUT2D eigenvalue weighted by atomic mass is 9.70. The molecule has 3 unspecified atom stereocenters. The van der Waals surface area contributed by atoms with Gasteiger partial charge in [0.25, 0.3) is 0 Å². The third-order valence-electron chi connectivity index (χ3n) is 6.18. The van der Waals surface area contributed by atoms with Gasteiger partial charge in [-0.2, -0.15) is 0 Å². The second-order valence-electron chi connectivity index (χ2n) is 7.28. The summed E-state index contributed by atoms with van der Waals surface area (Å²) in [5, 5.41) is 0. The minimum absolute atomic E-state index is 0.00266. The third kappa shape index (κ3) is 2.39. The molecule has 21 heavy (non-hydrogen) atoms. The number of benzene rings is 1. The number of rotatable bonds is 4. The molecular formula is C19H26O2. The van der Waals surface area contributed by atoms with Crippen LogP contribution in [0, 0.1) is 16.7 Å². The summed E-state index contributed by atoms with van der Waals surface area (Å²) < 4.78 is 22.0. The Morgan fingerprint density at radius 1 is 1.33 bits per heavy atom. The van der Waals surface area contributed by atoms with Crippen LogP contribution >= 0.6 is 0 Å². The lowest BCUT2D eigenvalue weighted by Crippen LogP contribution is -2.38. The summed E-state index contributed by atoms with van der Waals surface area (Å²) in [5.74, 6) is 0.0406. The molecule has 2 aliphatic rings. The third-order valence-corrected chi connectivity index (χ3v) is 6.18. The Labute approximate surface area is 130 Å². The summed E-state index contributed by atoms with van der Waals surface area (Å²) in [6, 6.07) is 9.09. The van der Waals surface area contributed by atoms with Gasteiger partial charge in [0.05, 0.1) is 0 Å². The maximum absolute atomic E-state index is 12.4. The van der Waals surface area contributed by atoms with Gasteiger partial charge in [-0.05, 0) is 42.6 Å². The first kappa shape index (κ1) is 12.3. The van der Waals surface area contributed by atoms with Gasteiger partial charge in [0.15, 0.2) is 0 Å². The van der Waals surface area contributed by atoms with E-state index in [1.165, 1.54) is 6.42 Å². The first-order chi connectivity index (χ1) is 10.8. The Balaban J connectivity index is 1.68. The van der Waals surface area contributed by atoms with Crippen LogP contribution in [0.2, 0.25) is 0 Å². The highest BCUT2D eigenvalue weighted by Gasteiger charge is 2.62. The molecule has 0 amide bonds. The molecule has 5 atom stereocenters. The van der Waals surface area contributed by atoms with E-state index in [0.717, 1.165) is 12.8 Å². The maximum Gasteiger partial charge on any atom is 0.306 e. The predicted molar refractivity (Wildman–Crippen MR) is 83.9 cm³/mol. The fraction of sp³-hybridized carbons (Fsp3) is 0.632. The van der Waals surface area contributed by atoms with Crippen molar-refractivity contribution in [2.45, 2.75) is 58.9 Å². The highest BCUT2D eigenvalue weighted by Crippen LogP contribution is 2.66. The minimum atomic E-state index is -1.19. The Morgan fingerprint density at radius 3 is 2.62 bits per heavy atom. The van der Waals surface area contributed by atoms with E-state index >= 15 is 0 Å². The number of esters is 1. The first-order valence-corrected chi connectivity index (χ1v) is 7.87. The highest BCUT2D eigenvalue weighted by atomic mass is 16.5. The Bertz CT molecular complexity index is 586. The van der Waals surface area contributed by atoms with E-state index < -0.39 is 18.8 Å². The van der Waals surface area contributed by atoms with Crippen LogP contribution in [0.5, 0.6) is 0 Å². The lowest BCUT2D eigenvalue weighted by molar-refractivity contribution is -0.156. The molecule has 2 fully saturated rings. The van der Waals surface area contributed by atoms with Gasteiger partial charge in [-0.25, -0.2) is 0 Å². The lowest BCUT2D eigenvalue weighted by Gasteiger charge is -2.38. The number of carbonyl (C=O) groups excluding carboxylic acids is 1. The van der Waals surface area contributed by atoms with Crippen molar-refractivity contribution in [3.05, 3.63) is 35.9 Å². The fourth-order valence-corrected chi connectivity index (χ4v) is 4.22. The van der Waals surface area contributed by atoms with Crippen molar-refractivity contribution in [1.82, 2.24) is 0 Å². The van der Waals surface area contributed by atoms with E-state index in [0.29, 0.717) is 11.5 Å². The smallest absolute Gasteiger partial charge is 0.306 e. The van der Waals surface area contributed by atoms with Gasteiger partial charge in [-0.15, -0.1) is 0 Å². The number of hydrogen-bond acceptors (Lipinski definition) is 2. The zero-order valence-electron chi connectivity index (χ0n) is 15.1. The molecular weight excluding hydrogens is 260 g/mol. The van der Waals surface area contributed by atoms with Crippen LogP contribution in [-0.2, 0) is 15.9 Å². The average Bonchev–Trinajstić information content (AvgIpc) is 2.87. The quantitative estimate of drug-likeness (QED) is 0.769. The van der Waals surface area contributed by atoms with Crippen LogP contribution in [0.25, 0.3) is 0 Å². The van der Waals surface area contributed by atoms with Crippen LogP contribution in [0.3, 0.4) is 0 Å². The zero-order valence-corrected chi connectivity index (χ0v) is 13.1. The number of aryl methyl sites for hydroxylation is 1. The molecule has 0 saturated heterocycles. The summed E-state index contributed by atoms with van der Waals surface area (Å²) in [6.45, 7) is 6.76. The van der Waals surface area contributed by atoms with Gasteiger partial charge in [0.1, 0.15) is 6.10 Å². The van der Waals surface area contributed by atoms with Crippen molar-refractivity contribution in [3.63, 3.8) is 0 Å². The van der Waals surface area contributed by atoms with Gasteiger partial charge >= 0.3 is 5.97 Å². The van der Waals surface area contributed by atoms with Gasteiger partial charge in [-0.3, -0.25) is 4.79 Å². The molecule has 0 radical (unpaired) electrons. The fourth-order valence-electron chi connectivity index (χ4n) is 4.22. The van der Waals surface area contributed by atoms with Crippen molar-refractivity contribution >= 4 is 5.97 Å². The molecule has 0 aliphatic heterocycles. The van der Waals surface area contributed by atoms with E-state index in [4.69, 9.17) is 7.48 Å². The Kier molecular flexibility index (Phi) is 3.01.